The van der Waals surface area contributed by atoms with Crippen LogP contribution in [-0.4, -0.2) is 36.4 Å². The number of primary amides is 1. The normalized spacial score (nSPS) is 16.5. The van der Waals surface area contributed by atoms with Crippen molar-refractivity contribution in [2.45, 2.75) is 25.9 Å². The van der Waals surface area contributed by atoms with Crippen molar-refractivity contribution in [1.82, 2.24) is 10.3 Å². The van der Waals surface area contributed by atoms with Crippen LogP contribution >= 0.6 is 0 Å². The standard InChI is InChI=1S/C22H23FN4O3/c1-13-18(16-10-15(11-23)20(26-12-16)21(28)30-2)25-9-8-17(19(13)27-22(24)29)14-6-4-3-5-7-14/h3-7,10,12,17H,8-9,11H2,1-2H3,(H3,24,27,29). The molecule has 3 rings (SSSR count). The van der Waals surface area contributed by atoms with Gasteiger partial charge in [0, 0.05) is 35.5 Å². The number of ether oxygens (including phenoxy) is 1. The first-order valence-corrected chi connectivity index (χ1v) is 9.46. The number of amides is 2. The Bertz CT molecular complexity index is 1020. The van der Waals surface area contributed by atoms with E-state index in [-0.39, 0.29) is 17.2 Å². The summed E-state index contributed by atoms with van der Waals surface area (Å²) in [4.78, 5) is 32.3. The second-order valence-corrected chi connectivity index (χ2v) is 6.87. The number of nitrogens with zero attached hydrogens (tertiary/aromatic N) is 2. The molecule has 30 heavy (non-hydrogen) atoms. The van der Waals surface area contributed by atoms with Gasteiger partial charge >= 0.3 is 12.0 Å². The largest absolute Gasteiger partial charge is 0.464 e. The van der Waals surface area contributed by atoms with E-state index in [1.807, 2.05) is 37.3 Å². The lowest BCUT2D eigenvalue weighted by molar-refractivity contribution is 0.0591. The number of hydrogen-bond donors (Lipinski definition) is 2. The van der Waals surface area contributed by atoms with E-state index < -0.39 is 18.7 Å². The molecule has 8 heteroatoms. The molecule has 2 aromatic rings. The molecule has 2 amide bonds. The molecule has 0 spiro atoms. The van der Waals surface area contributed by atoms with Crippen molar-refractivity contribution in [3.63, 3.8) is 0 Å². The third-order valence-electron chi connectivity index (χ3n) is 5.02. The van der Waals surface area contributed by atoms with Gasteiger partial charge in [0.25, 0.3) is 0 Å². The molecule has 1 aromatic carbocycles. The summed E-state index contributed by atoms with van der Waals surface area (Å²) in [6, 6.07) is 10.6. The van der Waals surface area contributed by atoms with Gasteiger partial charge in [0.05, 0.1) is 12.8 Å². The Labute approximate surface area is 173 Å². The average Bonchev–Trinajstić information content (AvgIpc) is 2.92. The maximum atomic E-state index is 13.6. The molecule has 0 aliphatic carbocycles. The Kier molecular flexibility index (Phi) is 6.56. The predicted octanol–water partition coefficient (Wildman–Crippen LogP) is 3.26. The summed E-state index contributed by atoms with van der Waals surface area (Å²) < 4.78 is 18.2. The highest BCUT2D eigenvalue weighted by Crippen LogP contribution is 2.32. The summed E-state index contributed by atoms with van der Waals surface area (Å²) in [5, 5.41) is 2.76. The lowest BCUT2D eigenvalue weighted by Gasteiger charge is -2.21. The third kappa shape index (κ3) is 4.37. The molecule has 1 aliphatic heterocycles. The lowest BCUT2D eigenvalue weighted by atomic mass is 9.89. The molecular weight excluding hydrogens is 387 g/mol. The molecule has 3 N–H and O–H groups in total. The predicted molar refractivity (Wildman–Crippen MR) is 111 cm³/mol. The van der Waals surface area contributed by atoms with E-state index in [1.54, 1.807) is 0 Å². The van der Waals surface area contributed by atoms with Crippen LogP contribution in [0.3, 0.4) is 0 Å². The molecule has 1 unspecified atom stereocenters. The van der Waals surface area contributed by atoms with E-state index in [1.165, 1.54) is 19.4 Å². The van der Waals surface area contributed by atoms with Crippen molar-refractivity contribution >= 4 is 17.7 Å². The van der Waals surface area contributed by atoms with Crippen LogP contribution in [-0.2, 0) is 11.4 Å². The summed E-state index contributed by atoms with van der Waals surface area (Å²) >= 11 is 0. The van der Waals surface area contributed by atoms with Crippen LogP contribution in [0, 0.1) is 0 Å². The van der Waals surface area contributed by atoms with Gasteiger partial charge in [-0.2, -0.15) is 0 Å². The number of halogens is 1. The maximum absolute atomic E-state index is 13.6. The number of rotatable bonds is 5. The molecule has 0 fully saturated rings. The summed E-state index contributed by atoms with van der Waals surface area (Å²) in [6.07, 6.45) is 2.11. The SMILES string of the molecule is COC(=O)c1ncc(C2=NCCC(c3ccccc3)C(NC(N)=O)=C2C)cc1CF. The van der Waals surface area contributed by atoms with Crippen LogP contribution < -0.4 is 11.1 Å². The van der Waals surface area contributed by atoms with Crippen LogP contribution in [0.4, 0.5) is 9.18 Å². The lowest BCUT2D eigenvalue weighted by Crippen LogP contribution is -2.32. The van der Waals surface area contributed by atoms with Crippen LogP contribution in [0.2, 0.25) is 0 Å². The number of pyridine rings is 1. The summed E-state index contributed by atoms with van der Waals surface area (Å²) in [5.41, 5.74) is 8.97. The number of aromatic nitrogens is 1. The van der Waals surface area contributed by atoms with Gasteiger partial charge in [-0.1, -0.05) is 30.3 Å². The fourth-order valence-electron chi connectivity index (χ4n) is 3.62. The Hall–Kier alpha value is -3.55. The highest BCUT2D eigenvalue weighted by atomic mass is 19.1. The van der Waals surface area contributed by atoms with E-state index in [9.17, 15) is 14.0 Å². The fraction of sp³-hybridized carbons (Fsp3) is 0.273. The van der Waals surface area contributed by atoms with E-state index in [2.05, 4.69) is 20.0 Å². The van der Waals surface area contributed by atoms with Crippen molar-refractivity contribution in [3.8, 4) is 0 Å². The quantitative estimate of drug-likeness (QED) is 0.738. The molecule has 1 atom stereocenters. The fourth-order valence-corrected chi connectivity index (χ4v) is 3.62. The second-order valence-electron chi connectivity index (χ2n) is 6.87. The van der Waals surface area contributed by atoms with Crippen molar-refractivity contribution in [3.05, 3.63) is 76.2 Å². The van der Waals surface area contributed by atoms with E-state index in [4.69, 9.17) is 5.73 Å². The molecule has 0 saturated carbocycles. The number of benzene rings is 1. The molecule has 7 nitrogen and oxygen atoms in total. The van der Waals surface area contributed by atoms with Gasteiger partial charge in [-0.25, -0.2) is 19.0 Å². The number of urea groups is 1. The first-order chi connectivity index (χ1) is 14.5. The van der Waals surface area contributed by atoms with Gasteiger partial charge in [0.2, 0.25) is 0 Å². The number of aliphatic imine (C=N–C) groups is 1. The smallest absolute Gasteiger partial charge is 0.357 e. The highest BCUT2D eigenvalue weighted by Gasteiger charge is 2.26. The molecule has 0 saturated heterocycles. The third-order valence-corrected chi connectivity index (χ3v) is 5.02. The first-order valence-electron chi connectivity index (χ1n) is 9.46. The molecule has 1 aromatic heterocycles. The summed E-state index contributed by atoms with van der Waals surface area (Å²) in [7, 11) is 1.22. The molecule has 1 aliphatic rings. The Morgan fingerprint density at radius 3 is 2.67 bits per heavy atom. The van der Waals surface area contributed by atoms with Crippen LogP contribution in [0.5, 0.6) is 0 Å². The van der Waals surface area contributed by atoms with Gasteiger partial charge in [0.15, 0.2) is 5.69 Å². The minimum atomic E-state index is -0.875. The van der Waals surface area contributed by atoms with Gasteiger partial charge in [-0.15, -0.1) is 0 Å². The zero-order valence-corrected chi connectivity index (χ0v) is 16.8. The first kappa shape index (κ1) is 21.2. The number of methoxy groups -OCH3 is 1. The average molecular weight is 410 g/mol. The molecule has 0 bridgehead atoms. The van der Waals surface area contributed by atoms with Gasteiger partial charge in [-0.3, -0.25) is 4.99 Å². The second kappa shape index (κ2) is 9.30. The zero-order chi connectivity index (χ0) is 21.7. The van der Waals surface area contributed by atoms with Crippen molar-refractivity contribution < 1.29 is 18.7 Å². The number of esters is 1. The minimum Gasteiger partial charge on any atom is -0.464 e. The van der Waals surface area contributed by atoms with Crippen LogP contribution in [0.1, 0.15) is 46.4 Å². The summed E-state index contributed by atoms with van der Waals surface area (Å²) in [5.74, 6) is -0.813. The number of hydrogen-bond acceptors (Lipinski definition) is 5. The van der Waals surface area contributed by atoms with E-state index in [0.717, 1.165) is 5.56 Å². The van der Waals surface area contributed by atoms with E-state index in [0.29, 0.717) is 35.5 Å². The maximum Gasteiger partial charge on any atom is 0.357 e. The number of carbonyl (C=O) groups excluding carboxylic acids is 2. The van der Waals surface area contributed by atoms with Crippen LogP contribution in [0.25, 0.3) is 0 Å². The summed E-state index contributed by atoms with van der Waals surface area (Å²) in [6.45, 7) is 1.44. The number of alkyl halides is 1. The van der Waals surface area contributed by atoms with Crippen molar-refractivity contribution in [2.75, 3.05) is 13.7 Å². The van der Waals surface area contributed by atoms with Gasteiger partial charge in [0.1, 0.15) is 6.67 Å². The van der Waals surface area contributed by atoms with Crippen molar-refractivity contribution in [1.29, 1.82) is 0 Å². The Morgan fingerprint density at radius 1 is 1.30 bits per heavy atom. The molecular formula is C22H23FN4O3. The Morgan fingerprint density at radius 2 is 2.03 bits per heavy atom. The van der Waals surface area contributed by atoms with E-state index >= 15 is 0 Å². The topological polar surface area (TPSA) is 107 Å². The van der Waals surface area contributed by atoms with Gasteiger partial charge < -0.3 is 15.8 Å². The zero-order valence-electron chi connectivity index (χ0n) is 16.8. The van der Waals surface area contributed by atoms with Crippen molar-refractivity contribution in [2.24, 2.45) is 10.7 Å². The number of allylic oxidation sites excluding steroid dienone is 2. The number of nitrogens with two attached hydrogens (primary N) is 1. The van der Waals surface area contributed by atoms with Gasteiger partial charge in [-0.05, 0) is 30.5 Å². The molecule has 2 heterocycles. The highest BCUT2D eigenvalue weighted by molar-refractivity contribution is 6.13. The molecule has 156 valence electrons. The van der Waals surface area contributed by atoms with Crippen LogP contribution in [0.15, 0.2) is 58.9 Å². The Balaban J connectivity index is 2.09. The molecule has 0 radical (unpaired) electrons. The monoisotopic (exact) mass is 410 g/mol. The number of nitrogens with one attached hydrogen (secondary N) is 1. The number of carbonyl (C=O) groups is 2. The minimum absolute atomic E-state index is 0.0720.